The van der Waals surface area contributed by atoms with E-state index in [0.29, 0.717) is 0 Å². The smallest absolute Gasteiger partial charge is 0.143 e. The third-order valence-electron chi connectivity index (χ3n) is 11.0. The minimum atomic E-state index is 0.867. The van der Waals surface area contributed by atoms with Crippen molar-refractivity contribution in [3.8, 4) is 27.9 Å². The van der Waals surface area contributed by atoms with Crippen LogP contribution in [-0.4, -0.2) is 4.57 Å². The highest BCUT2D eigenvalue weighted by Crippen LogP contribution is 2.42. The summed E-state index contributed by atoms with van der Waals surface area (Å²) in [6, 6.07) is 73.8. The molecule has 0 spiro atoms. The zero-order chi connectivity index (χ0) is 36.3. The Morgan fingerprint density at radius 2 is 0.982 bits per heavy atom. The highest BCUT2D eigenvalue weighted by Gasteiger charge is 2.19. The summed E-state index contributed by atoms with van der Waals surface area (Å²) in [5.41, 5.74) is 13.2. The average Bonchev–Trinajstić information content (AvgIpc) is 3.81. The van der Waals surface area contributed by atoms with Gasteiger partial charge in [-0.25, -0.2) is 0 Å². The number of fused-ring (bicyclic) bond motifs is 8. The van der Waals surface area contributed by atoms with Gasteiger partial charge in [0.15, 0.2) is 0 Å². The molecule has 0 saturated heterocycles. The van der Waals surface area contributed by atoms with E-state index in [2.05, 4.69) is 216 Å². The predicted octanol–water partition coefficient (Wildman–Crippen LogP) is 14.6. The van der Waals surface area contributed by atoms with Crippen LogP contribution in [0, 0.1) is 0 Å². The number of anilines is 3. The predicted molar refractivity (Wildman–Crippen MR) is 231 cm³/mol. The van der Waals surface area contributed by atoms with Crippen LogP contribution in [0.2, 0.25) is 0 Å². The van der Waals surface area contributed by atoms with Gasteiger partial charge in [-0.15, -0.1) is 0 Å². The molecule has 0 N–H and O–H groups in total. The van der Waals surface area contributed by atoms with Crippen LogP contribution in [0.25, 0.3) is 82.5 Å². The first kappa shape index (κ1) is 31.2. The van der Waals surface area contributed by atoms with Crippen LogP contribution in [-0.2, 0) is 0 Å². The number of benzene rings is 9. The topological polar surface area (TPSA) is 21.3 Å². The van der Waals surface area contributed by atoms with E-state index in [9.17, 15) is 0 Å². The molecule has 9 aromatic carbocycles. The maximum absolute atomic E-state index is 6.67. The monoisotopic (exact) mass is 702 g/mol. The lowest BCUT2D eigenvalue weighted by Crippen LogP contribution is -2.09. The van der Waals surface area contributed by atoms with Crippen molar-refractivity contribution in [2.45, 2.75) is 0 Å². The van der Waals surface area contributed by atoms with Crippen molar-refractivity contribution in [2.24, 2.45) is 0 Å². The van der Waals surface area contributed by atoms with Crippen LogP contribution >= 0.6 is 0 Å². The molecule has 2 heterocycles. The van der Waals surface area contributed by atoms with Crippen molar-refractivity contribution < 1.29 is 4.42 Å². The van der Waals surface area contributed by atoms with E-state index < -0.39 is 0 Å². The Labute approximate surface area is 318 Å². The van der Waals surface area contributed by atoms with Gasteiger partial charge in [-0.3, -0.25) is 0 Å². The van der Waals surface area contributed by atoms with Crippen molar-refractivity contribution in [1.29, 1.82) is 0 Å². The molecule has 0 saturated carbocycles. The summed E-state index contributed by atoms with van der Waals surface area (Å²) in [6.07, 6.45) is 0. The lowest BCUT2D eigenvalue weighted by atomic mass is 10.0. The van der Waals surface area contributed by atoms with E-state index in [1.807, 2.05) is 0 Å². The fourth-order valence-corrected chi connectivity index (χ4v) is 8.40. The third-order valence-corrected chi connectivity index (χ3v) is 11.0. The Bertz CT molecular complexity index is 3180. The number of para-hydroxylation sites is 3. The minimum Gasteiger partial charge on any atom is -0.455 e. The number of aromatic nitrogens is 1. The van der Waals surface area contributed by atoms with Crippen molar-refractivity contribution in [2.75, 3.05) is 4.90 Å². The molecule has 0 unspecified atom stereocenters. The zero-order valence-corrected chi connectivity index (χ0v) is 29.9. The molecule has 0 aliphatic heterocycles. The lowest BCUT2D eigenvalue weighted by Gasteiger charge is -2.26. The molecule has 0 amide bonds. The van der Waals surface area contributed by atoms with E-state index in [1.165, 1.54) is 43.9 Å². The zero-order valence-electron chi connectivity index (χ0n) is 29.9. The van der Waals surface area contributed by atoms with E-state index in [1.54, 1.807) is 0 Å². The van der Waals surface area contributed by atoms with Gasteiger partial charge >= 0.3 is 0 Å². The molecule has 0 radical (unpaired) electrons. The summed E-state index contributed by atoms with van der Waals surface area (Å²) in [7, 11) is 0. The Morgan fingerprint density at radius 1 is 0.382 bits per heavy atom. The van der Waals surface area contributed by atoms with Gasteiger partial charge in [-0.05, 0) is 82.7 Å². The number of nitrogens with zero attached hydrogens (tertiary/aromatic N) is 2. The molecule has 55 heavy (non-hydrogen) atoms. The van der Waals surface area contributed by atoms with Gasteiger partial charge in [0.05, 0.1) is 11.0 Å². The molecule has 0 aliphatic carbocycles. The Hall–Kier alpha value is -7.36. The minimum absolute atomic E-state index is 0.867. The number of hydrogen-bond acceptors (Lipinski definition) is 2. The standard InChI is InChI=1S/C52H34N2O/c1-3-12-35(13-4-1)36-22-27-40(28-23-36)53(42-31-33-46-48-32-26-37-14-7-8-17-44(37)52(48)55-50(46)34-42)41-29-24-38(25-30-41)43-19-11-20-47-45-18-9-10-21-49(45)54(51(43)47)39-15-5-2-6-16-39/h1-34H. The summed E-state index contributed by atoms with van der Waals surface area (Å²) in [5.74, 6) is 0. The van der Waals surface area contributed by atoms with Crippen molar-refractivity contribution in [1.82, 2.24) is 4.57 Å². The molecule has 0 bridgehead atoms. The molecule has 0 aliphatic rings. The fraction of sp³-hybridized carbons (Fsp3) is 0. The SMILES string of the molecule is c1ccc(-c2ccc(N(c3ccc(-c4cccc5c6ccccc6n(-c6ccccc6)c45)cc3)c3ccc4c(c3)oc3c5ccccc5ccc43)cc2)cc1. The molecule has 11 rings (SSSR count). The van der Waals surface area contributed by atoms with Crippen molar-refractivity contribution in [3.63, 3.8) is 0 Å². The highest BCUT2D eigenvalue weighted by atomic mass is 16.3. The molecular formula is C52H34N2O. The van der Waals surface area contributed by atoms with Gasteiger partial charge in [-0.1, -0.05) is 140 Å². The second-order valence-electron chi connectivity index (χ2n) is 14.1. The van der Waals surface area contributed by atoms with Gasteiger partial charge < -0.3 is 13.9 Å². The fourth-order valence-electron chi connectivity index (χ4n) is 8.40. The summed E-state index contributed by atoms with van der Waals surface area (Å²) < 4.78 is 9.07. The van der Waals surface area contributed by atoms with Crippen LogP contribution in [0.5, 0.6) is 0 Å². The Balaban J connectivity index is 1.06. The quantitative estimate of drug-likeness (QED) is 0.172. The molecular weight excluding hydrogens is 669 g/mol. The first-order valence-electron chi connectivity index (χ1n) is 18.8. The Kier molecular flexibility index (Phi) is 7.17. The molecule has 0 fully saturated rings. The second-order valence-corrected chi connectivity index (χ2v) is 14.1. The highest BCUT2D eigenvalue weighted by molar-refractivity contribution is 6.16. The summed E-state index contributed by atoms with van der Waals surface area (Å²) in [4.78, 5) is 2.32. The largest absolute Gasteiger partial charge is 0.455 e. The van der Waals surface area contributed by atoms with E-state index in [-0.39, 0.29) is 0 Å². The summed E-state index contributed by atoms with van der Waals surface area (Å²) in [5, 5.41) is 7.04. The number of furan rings is 1. The van der Waals surface area contributed by atoms with E-state index >= 15 is 0 Å². The summed E-state index contributed by atoms with van der Waals surface area (Å²) >= 11 is 0. The molecule has 2 aromatic heterocycles. The maximum atomic E-state index is 6.67. The van der Waals surface area contributed by atoms with Gasteiger partial charge in [0.1, 0.15) is 11.2 Å². The van der Waals surface area contributed by atoms with Gasteiger partial charge in [0, 0.05) is 61.3 Å². The molecule has 3 heteroatoms. The van der Waals surface area contributed by atoms with Gasteiger partial charge in [0.2, 0.25) is 0 Å². The van der Waals surface area contributed by atoms with Crippen LogP contribution < -0.4 is 4.90 Å². The van der Waals surface area contributed by atoms with Gasteiger partial charge in [-0.2, -0.15) is 0 Å². The second kappa shape index (κ2) is 12.6. The van der Waals surface area contributed by atoms with Crippen molar-refractivity contribution >= 4 is 71.6 Å². The van der Waals surface area contributed by atoms with E-state index in [4.69, 9.17) is 4.42 Å². The van der Waals surface area contributed by atoms with Gasteiger partial charge in [0.25, 0.3) is 0 Å². The molecule has 0 atom stereocenters. The molecule has 258 valence electrons. The number of rotatable bonds is 6. The Morgan fingerprint density at radius 3 is 1.76 bits per heavy atom. The van der Waals surface area contributed by atoms with Crippen LogP contribution in [0.4, 0.5) is 17.1 Å². The van der Waals surface area contributed by atoms with Crippen LogP contribution in [0.1, 0.15) is 0 Å². The normalized spacial score (nSPS) is 11.6. The molecule has 11 aromatic rings. The maximum Gasteiger partial charge on any atom is 0.143 e. The van der Waals surface area contributed by atoms with E-state index in [0.717, 1.165) is 55.6 Å². The summed E-state index contributed by atoms with van der Waals surface area (Å²) in [6.45, 7) is 0. The molecule has 3 nitrogen and oxygen atoms in total. The first-order valence-corrected chi connectivity index (χ1v) is 18.8. The van der Waals surface area contributed by atoms with Crippen LogP contribution in [0.15, 0.2) is 211 Å². The lowest BCUT2D eigenvalue weighted by molar-refractivity contribution is 0.672. The van der Waals surface area contributed by atoms with Crippen molar-refractivity contribution in [3.05, 3.63) is 206 Å². The number of hydrogen-bond donors (Lipinski definition) is 0. The third kappa shape index (κ3) is 5.13. The first-order chi connectivity index (χ1) is 27.3. The van der Waals surface area contributed by atoms with Crippen LogP contribution in [0.3, 0.4) is 0 Å². The average molecular weight is 703 g/mol.